The quantitative estimate of drug-likeness (QED) is 0.722. The van der Waals surface area contributed by atoms with Gasteiger partial charge in [0.25, 0.3) is 5.91 Å². The molecule has 132 valence electrons. The van der Waals surface area contributed by atoms with Gasteiger partial charge in [-0.2, -0.15) is 0 Å². The van der Waals surface area contributed by atoms with E-state index in [0.717, 1.165) is 17.7 Å². The van der Waals surface area contributed by atoms with Crippen LogP contribution in [0.5, 0.6) is 5.75 Å². The fraction of sp³-hybridized carbons (Fsp3) is 0.263. The van der Waals surface area contributed by atoms with Crippen LogP contribution in [0.15, 0.2) is 42.5 Å². The molecule has 2 rings (SSSR count). The monoisotopic (exact) mass is 376 g/mol. The third-order valence-corrected chi connectivity index (χ3v) is 4.49. The van der Waals surface area contributed by atoms with Gasteiger partial charge >= 0.3 is 0 Å². The number of para-hydroxylation sites is 1. The summed E-state index contributed by atoms with van der Waals surface area (Å²) in [4.78, 5) is 12.3. The first-order chi connectivity index (χ1) is 12.0. The molecule has 0 bridgehead atoms. The van der Waals surface area contributed by atoms with E-state index in [0.29, 0.717) is 22.3 Å². The normalized spacial score (nSPS) is 11.5. The summed E-state index contributed by atoms with van der Waals surface area (Å²) >= 11 is 11.3. The van der Waals surface area contributed by atoms with Crippen molar-refractivity contribution in [1.82, 2.24) is 5.32 Å². The Hall–Kier alpha value is -2.11. The summed E-state index contributed by atoms with van der Waals surface area (Å²) in [6.45, 7) is 4.29. The first-order valence-corrected chi connectivity index (χ1v) is 8.79. The van der Waals surface area contributed by atoms with Gasteiger partial charge in [0.05, 0.1) is 12.1 Å². The highest BCUT2D eigenvalue weighted by atomic mass is 35.5. The van der Waals surface area contributed by atoms with Crippen molar-refractivity contribution in [2.24, 2.45) is 0 Å². The van der Waals surface area contributed by atoms with Crippen LogP contribution in [0.25, 0.3) is 0 Å². The van der Waals surface area contributed by atoms with Crippen LogP contribution >= 0.6 is 23.8 Å². The molecule has 4 nitrogen and oxygen atoms in total. The van der Waals surface area contributed by atoms with Gasteiger partial charge in [-0.3, -0.25) is 10.1 Å². The topological polar surface area (TPSA) is 50.4 Å². The Kier molecular flexibility index (Phi) is 6.79. The fourth-order valence-electron chi connectivity index (χ4n) is 2.40. The molecule has 0 heterocycles. The number of anilines is 1. The van der Waals surface area contributed by atoms with E-state index >= 15 is 0 Å². The maximum atomic E-state index is 12.3. The average Bonchev–Trinajstić information content (AvgIpc) is 2.61. The molecule has 1 atom stereocenters. The predicted octanol–water partition coefficient (Wildman–Crippen LogP) is 4.99. The van der Waals surface area contributed by atoms with E-state index in [2.05, 4.69) is 30.5 Å². The number of hydrogen-bond donors (Lipinski definition) is 2. The molecule has 0 spiro atoms. The zero-order chi connectivity index (χ0) is 18.4. The first-order valence-electron chi connectivity index (χ1n) is 8.01. The second-order valence-electron chi connectivity index (χ2n) is 5.65. The van der Waals surface area contributed by atoms with Gasteiger partial charge in [-0.15, -0.1) is 0 Å². The Morgan fingerprint density at radius 3 is 2.64 bits per heavy atom. The van der Waals surface area contributed by atoms with E-state index < -0.39 is 0 Å². The molecule has 2 aromatic carbocycles. The van der Waals surface area contributed by atoms with Crippen molar-refractivity contribution >= 4 is 40.5 Å². The van der Waals surface area contributed by atoms with Crippen molar-refractivity contribution in [3.8, 4) is 5.75 Å². The van der Waals surface area contributed by atoms with E-state index in [4.69, 9.17) is 28.6 Å². The number of nitrogens with one attached hydrogen (secondary N) is 2. The lowest BCUT2D eigenvalue weighted by atomic mass is 9.97. The highest BCUT2D eigenvalue weighted by molar-refractivity contribution is 7.80. The van der Waals surface area contributed by atoms with Crippen molar-refractivity contribution in [2.45, 2.75) is 26.2 Å². The molecule has 0 radical (unpaired) electrons. The zero-order valence-corrected chi connectivity index (χ0v) is 16.0. The van der Waals surface area contributed by atoms with Crippen LogP contribution in [0, 0.1) is 0 Å². The minimum atomic E-state index is -0.330. The zero-order valence-electron chi connectivity index (χ0n) is 14.4. The molecule has 0 saturated carbocycles. The van der Waals surface area contributed by atoms with Crippen LogP contribution in [-0.2, 0) is 0 Å². The third kappa shape index (κ3) is 4.94. The Bertz CT molecular complexity index is 780. The van der Waals surface area contributed by atoms with Gasteiger partial charge in [0.15, 0.2) is 5.11 Å². The SMILES string of the molecule is CC[C@H](C)c1ccccc1NC(=S)NC(=O)c1ccc(OC)c(Cl)c1. The molecule has 2 aromatic rings. The molecular weight excluding hydrogens is 356 g/mol. The summed E-state index contributed by atoms with van der Waals surface area (Å²) in [7, 11) is 1.52. The lowest BCUT2D eigenvalue weighted by molar-refractivity contribution is 0.0977. The van der Waals surface area contributed by atoms with Gasteiger partial charge in [-0.1, -0.05) is 43.6 Å². The Morgan fingerprint density at radius 1 is 1.28 bits per heavy atom. The number of benzene rings is 2. The van der Waals surface area contributed by atoms with E-state index in [1.807, 2.05) is 18.2 Å². The number of methoxy groups -OCH3 is 1. The van der Waals surface area contributed by atoms with Gasteiger partial charge in [0, 0.05) is 11.3 Å². The van der Waals surface area contributed by atoms with Gasteiger partial charge in [-0.05, 0) is 54.4 Å². The first kappa shape index (κ1) is 19.2. The minimum absolute atomic E-state index is 0.243. The van der Waals surface area contributed by atoms with Gasteiger partial charge < -0.3 is 10.1 Å². The fourth-order valence-corrected chi connectivity index (χ4v) is 2.86. The molecule has 0 aliphatic rings. The lowest BCUT2D eigenvalue weighted by Gasteiger charge is -2.17. The largest absolute Gasteiger partial charge is 0.495 e. The number of thiocarbonyl (C=S) groups is 1. The number of rotatable bonds is 5. The molecule has 0 saturated heterocycles. The molecule has 6 heteroatoms. The van der Waals surface area contributed by atoms with E-state index in [-0.39, 0.29) is 11.0 Å². The smallest absolute Gasteiger partial charge is 0.257 e. The summed E-state index contributed by atoms with van der Waals surface area (Å²) in [6, 6.07) is 12.8. The number of carbonyl (C=O) groups is 1. The summed E-state index contributed by atoms with van der Waals surface area (Å²) in [5, 5.41) is 6.40. The van der Waals surface area contributed by atoms with Gasteiger partial charge in [-0.25, -0.2) is 0 Å². The van der Waals surface area contributed by atoms with Crippen molar-refractivity contribution in [3.05, 3.63) is 58.6 Å². The van der Waals surface area contributed by atoms with Crippen molar-refractivity contribution in [3.63, 3.8) is 0 Å². The lowest BCUT2D eigenvalue weighted by Crippen LogP contribution is -2.34. The number of amides is 1. The molecule has 0 unspecified atom stereocenters. The molecule has 25 heavy (non-hydrogen) atoms. The van der Waals surface area contributed by atoms with Gasteiger partial charge in [0.1, 0.15) is 5.75 Å². The number of ether oxygens (including phenoxy) is 1. The second kappa shape index (κ2) is 8.83. The maximum absolute atomic E-state index is 12.3. The molecule has 0 fully saturated rings. The van der Waals surface area contributed by atoms with Crippen molar-refractivity contribution in [1.29, 1.82) is 0 Å². The van der Waals surface area contributed by atoms with Crippen LogP contribution in [0.3, 0.4) is 0 Å². The molecule has 1 amide bonds. The summed E-state index contributed by atoms with van der Waals surface area (Å²) in [5.41, 5.74) is 2.47. The molecule has 0 aliphatic heterocycles. The molecule has 0 aromatic heterocycles. The van der Waals surface area contributed by atoms with Gasteiger partial charge in [0.2, 0.25) is 0 Å². The highest BCUT2D eigenvalue weighted by Crippen LogP contribution is 2.27. The Balaban J connectivity index is 2.08. The van der Waals surface area contributed by atoms with Crippen LogP contribution in [-0.4, -0.2) is 18.1 Å². The van der Waals surface area contributed by atoms with E-state index in [1.165, 1.54) is 7.11 Å². The number of carbonyl (C=O) groups excluding carboxylic acids is 1. The minimum Gasteiger partial charge on any atom is -0.495 e. The summed E-state index contributed by atoms with van der Waals surface area (Å²) in [6.07, 6.45) is 1.02. The van der Waals surface area contributed by atoms with E-state index in [9.17, 15) is 4.79 Å². The highest BCUT2D eigenvalue weighted by Gasteiger charge is 2.13. The molecule has 2 N–H and O–H groups in total. The number of hydrogen-bond acceptors (Lipinski definition) is 3. The Morgan fingerprint density at radius 2 is 2.00 bits per heavy atom. The Labute approximate surface area is 158 Å². The van der Waals surface area contributed by atoms with Crippen LogP contribution < -0.4 is 15.4 Å². The molecular formula is C19H21ClN2O2S. The number of halogens is 1. The standard InChI is InChI=1S/C19H21ClN2O2S/c1-4-12(2)14-7-5-6-8-16(14)21-19(25)22-18(23)13-9-10-17(24-3)15(20)11-13/h5-12H,4H2,1-3H3,(H2,21,22,23,25)/t12-/m0/s1. The third-order valence-electron chi connectivity index (χ3n) is 3.99. The van der Waals surface area contributed by atoms with Crippen molar-refractivity contribution in [2.75, 3.05) is 12.4 Å². The van der Waals surface area contributed by atoms with E-state index in [1.54, 1.807) is 18.2 Å². The molecule has 0 aliphatic carbocycles. The van der Waals surface area contributed by atoms with Crippen molar-refractivity contribution < 1.29 is 9.53 Å². The van der Waals surface area contributed by atoms with Crippen LogP contribution in [0.1, 0.15) is 42.1 Å². The predicted molar refractivity (Wildman–Crippen MR) is 107 cm³/mol. The summed E-state index contributed by atoms with van der Waals surface area (Å²) in [5.74, 6) is 0.576. The maximum Gasteiger partial charge on any atom is 0.257 e. The summed E-state index contributed by atoms with van der Waals surface area (Å²) < 4.78 is 5.08. The van der Waals surface area contributed by atoms with Crippen LogP contribution in [0.2, 0.25) is 5.02 Å². The second-order valence-corrected chi connectivity index (χ2v) is 6.47. The average molecular weight is 377 g/mol. The van der Waals surface area contributed by atoms with Crippen LogP contribution in [0.4, 0.5) is 5.69 Å².